The molecule has 2 unspecified atom stereocenters. The molecule has 1 N–H and O–H groups in total. The minimum absolute atomic E-state index is 0.207. The Morgan fingerprint density at radius 2 is 2.27 bits per heavy atom. The van der Waals surface area contributed by atoms with E-state index in [2.05, 4.69) is 4.74 Å². The Hall–Kier alpha value is -0.650. The van der Waals surface area contributed by atoms with Gasteiger partial charge in [0.1, 0.15) is 0 Å². The van der Waals surface area contributed by atoms with Gasteiger partial charge >= 0.3 is 5.97 Å². The van der Waals surface area contributed by atoms with Crippen LogP contribution in [0.5, 0.6) is 0 Å². The molecule has 1 aliphatic heterocycles. The van der Waals surface area contributed by atoms with Gasteiger partial charge in [-0.15, -0.1) is 0 Å². The number of hydrogen-bond donors (Lipinski definition) is 1. The van der Waals surface area contributed by atoms with Crippen molar-refractivity contribution in [2.45, 2.75) is 25.0 Å². The highest BCUT2D eigenvalue weighted by molar-refractivity contribution is 5.78. The van der Waals surface area contributed by atoms with Gasteiger partial charge in [0, 0.05) is 26.7 Å². The van der Waals surface area contributed by atoms with E-state index in [1.807, 2.05) is 4.90 Å². The van der Waals surface area contributed by atoms with Crippen LogP contribution in [-0.2, 0) is 14.3 Å². The molecule has 5 nitrogen and oxygen atoms in total. The first-order valence-electron chi connectivity index (χ1n) is 5.05. The van der Waals surface area contributed by atoms with Gasteiger partial charge in [0.05, 0.1) is 13.2 Å². The van der Waals surface area contributed by atoms with Gasteiger partial charge in [-0.05, 0) is 13.3 Å². The SMILES string of the molecule is COC(=O)C(C)(O)CN1CCC(OC)C1. The normalized spacial score (nSPS) is 26.3. The Labute approximate surface area is 90.0 Å². The highest BCUT2D eigenvalue weighted by atomic mass is 16.5. The number of β-amino-alcohol motifs (C(OH)–C–C–N with tert-alkyl or cyclic N) is 1. The number of methoxy groups -OCH3 is 2. The molecule has 15 heavy (non-hydrogen) atoms. The van der Waals surface area contributed by atoms with Crippen LogP contribution in [-0.4, -0.2) is 61.5 Å². The van der Waals surface area contributed by atoms with E-state index in [1.165, 1.54) is 14.0 Å². The molecule has 0 aliphatic carbocycles. The predicted octanol–water partition coefficient (Wildman–Crippen LogP) is -0.369. The van der Waals surface area contributed by atoms with E-state index in [1.54, 1.807) is 7.11 Å². The van der Waals surface area contributed by atoms with Gasteiger partial charge in [-0.3, -0.25) is 4.90 Å². The molecule has 1 fully saturated rings. The van der Waals surface area contributed by atoms with Gasteiger partial charge in [-0.1, -0.05) is 0 Å². The van der Waals surface area contributed by atoms with E-state index in [-0.39, 0.29) is 6.10 Å². The van der Waals surface area contributed by atoms with Crippen LogP contribution in [0.15, 0.2) is 0 Å². The van der Waals surface area contributed by atoms with Crippen molar-refractivity contribution in [2.24, 2.45) is 0 Å². The molecule has 1 rings (SSSR count). The summed E-state index contributed by atoms with van der Waals surface area (Å²) in [5.74, 6) is -0.594. The van der Waals surface area contributed by atoms with E-state index in [0.29, 0.717) is 6.54 Å². The van der Waals surface area contributed by atoms with E-state index in [9.17, 15) is 9.90 Å². The van der Waals surface area contributed by atoms with Crippen molar-refractivity contribution < 1.29 is 19.4 Å². The summed E-state index contributed by atoms with van der Waals surface area (Å²) in [6.07, 6.45) is 1.15. The van der Waals surface area contributed by atoms with E-state index < -0.39 is 11.6 Å². The lowest BCUT2D eigenvalue weighted by atomic mass is 10.1. The standard InChI is InChI=1S/C10H19NO4/c1-10(13,9(12)15-3)7-11-5-4-8(6-11)14-2/h8,13H,4-7H2,1-3H3. The molecule has 5 heteroatoms. The fourth-order valence-corrected chi connectivity index (χ4v) is 1.85. The third kappa shape index (κ3) is 3.15. The van der Waals surface area contributed by atoms with Crippen LogP contribution in [0.4, 0.5) is 0 Å². The lowest BCUT2D eigenvalue weighted by Crippen LogP contribution is -2.47. The van der Waals surface area contributed by atoms with E-state index in [0.717, 1.165) is 19.5 Å². The molecule has 0 amide bonds. The average Bonchev–Trinajstić information content (AvgIpc) is 2.63. The minimum Gasteiger partial charge on any atom is -0.467 e. The zero-order valence-electron chi connectivity index (χ0n) is 9.52. The number of aliphatic hydroxyl groups is 1. The Bertz CT molecular complexity index is 229. The number of rotatable bonds is 4. The molecule has 2 atom stereocenters. The molecular weight excluding hydrogens is 198 g/mol. The van der Waals surface area contributed by atoms with Crippen molar-refractivity contribution in [3.63, 3.8) is 0 Å². The second-order valence-electron chi connectivity index (χ2n) is 4.15. The summed E-state index contributed by atoms with van der Waals surface area (Å²) in [5, 5.41) is 9.85. The van der Waals surface area contributed by atoms with Crippen LogP contribution in [0.2, 0.25) is 0 Å². The van der Waals surface area contributed by atoms with Crippen molar-refractivity contribution >= 4 is 5.97 Å². The number of carbonyl (C=O) groups excluding carboxylic acids is 1. The van der Waals surface area contributed by atoms with Crippen molar-refractivity contribution in [3.05, 3.63) is 0 Å². The summed E-state index contributed by atoms with van der Waals surface area (Å²) in [6, 6.07) is 0. The summed E-state index contributed by atoms with van der Waals surface area (Å²) >= 11 is 0. The molecule has 0 spiro atoms. The second-order valence-corrected chi connectivity index (χ2v) is 4.15. The highest BCUT2D eigenvalue weighted by Crippen LogP contribution is 2.16. The quantitative estimate of drug-likeness (QED) is 0.651. The molecule has 0 aromatic heterocycles. The van der Waals surface area contributed by atoms with Crippen molar-refractivity contribution in [1.82, 2.24) is 4.90 Å². The first-order chi connectivity index (χ1) is 6.99. The number of ether oxygens (including phenoxy) is 2. The molecular formula is C10H19NO4. The summed E-state index contributed by atoms with van der Waals surface area (Å²) in [6.45, 7) is 3.35. The minimum atomic E-state index is -1.43. The third-order valence-electron chi connectivity index (χ3n) is 2.72. The van der Waals surface area contributed by atoms with Gasteiger partial charge < -0.3 is 14.6 Å². The average molecular weight is 217 g/mol. The molecule has 0 radical (unpaired) electrons. The number of hydrogen-bond acceptors (Lipinski definition) is 5. The first-order valence-corrected chi connectivity index (χ1v) is 5.05. The van der Waals surface area contributed by atoms with Gasteiger partial charge in [-0.2, -0.15) is 0 Å². The summed E-state index contributed by atoms with van der Waals surface area (Å²) in [5.41, 5.74) is -1.43. The molecule has 1 heterocycles. The zero-order valence-corrected chi connectivity index (χ0v) is 9.52. The predicted molar refractivity (Wildman–Crippen MR) is 54.5 cm³/mol. The van der Waals surface area contributed by atoms with Crippen LogP contribution in [0, 0.1) is 0 Å². The Morgan fingerprint density at radius 3 is 2.73 bits per heavy atom. The fourth-order valence-electron chi connectivity index (χ4n) is 1.85. The molecule has 0 aromatic rings. The van der Waals surface area contributed by atoms with Gasteiger partial charge in [0.2, 0.25) is 0 Å². The van der Waals surface area contributed by atoms with E-state index in [4.69, 9.17) is 4.74 Å². The number of likely N-dealkylation sites (tertiary alicyclic amines) is 1. The van der Waals surface area contributed by atoms with Crippen LogP contribution in [0.3, 0.4) is 0 Å². The number of carbonyl (C=O) groups is 1. The maximum atomic E-state index is 11.2. The summed E-state index contributed by atoms with van der Waals surface area (Å²) in [4.78, 5) is 13.2. The van der Waals surface area contributed by atoms with Gasteiger partial charge in [0.25, 0.3) is 0 Å². The maximum absolute atomic E-state index is 11.2. The van der Waals surface area contributed by atoms with Crippen molar-refractivity contribution in [3.8, 4) is 0 Å². The monoisotopic (exact) mass is 217 g/mol. The maximum Gasteiger partial charge on any atom is 0.338 e. The Morgan fingerprint density at radius 1 is 1.60 bits per heavy atom. The van der Waals surface area contributed by atoms with Crippen LogP contribution >= 0.6 is 0 Å². The molecule has 1 saturated heterocycles. The fraction of sp³-hybridized carbons (Fsp3) is 0.900. The Kier molecular flexibility index (Phi) is 4.07. The van der Waals surface area contributed by atoms with Crippen LogP contribution in [0.25, 0.3) is 0 Å². The Balaban J connectivity index is 2.45. The highest BCUT2D eigenvalue weighted by Gasteiger charge is 2.36. The molecule has 1 aliphatic rings. The zero-order chi connectivity index (χ0) is 11.5. The first kappa shape index (κ1) is 12.4. The summed E-state index contributed by atoms with van der Waals surface area (Å²) < 4.78 is 9.73. The van der Waals surface area contributed by atoms with Crippen LogP contribution in [0.1, 0.15) is 13.3 Å². The lowest BCUT2D eigenvalue weighted by molar-refractivity contribution is -0.162. The second kappa shape index (κ2) is 4.92. The number of esters is 1. The largest absolute Gasteiger partial charge is 0.467 e. The van der Waals surface area contributed by atoms with Crippen molar-refractivity contribution in [1.29, 1.82) is 0 Å². The summed E-state index contributed by atoms with van der Waals surface area (Å²) in [7, 11) is 2.95. The smallest absolute Gasteiger partial charge is 0.338 e. The van der Waals surface area contributed by atoms with Crippen molar-refractivity contribution in [2.75, 3.05) is 33.9 Å². The molecule has 88 valence electrons. The van der Waals surface area contributed by atoms with Crippen LogP contribution < -0.4 is 0 Å². The van der Waals surface area contributed by atoms with E-state index >= 15 is 0 Å². The van der Waals surface area contributed by atoms with Gasteiger partial charge in [-0.25, -0.2) is 4.79 Å². The topological polar surface area (TPSA) is 59.0 Å². The van der Waals surface area contributed by atoms with Gasteiger partial charge in [0.15, 0.2) is 5.60 Å². The lowest BCUT2D eigenvalue weighted by Gasteiger charge is -2.26. The molecule has 0 saturated carbocycles. The molecule has 0 bridgehead atoms. The number of nitrogens with zero attached hydrogens (tertiary/aromatic N) is 1. The third-order valence-corrected chi connectivity index (χ3v) is 2.72. The molecule has 0 aromatic carbocycles.